The van der Waals surface area contributed by atoms with Gasteiger partial charge in [-0.15, -0.1) is 0 Å². The van der Waals surface area contributed by atoms with Gasteiger partial charge in [0.15, 0.2) is 0 Å². The molecule has 140 valence electrons. The first-order valence-corrected chi connectivity index (χ1v) is 10.5. The first kappa shape index (κ1) is 19.0. The van der Waals surface area contributed by atoms with Gasteiger partial charge in [0.2, 0.25) is 11.0 Å². The molecule has 0 radical (unpaired) electrons. The Morgan fingerprint density at radius 1 is 1.46 bits per heavy atom. The molecule has 1 unspecified atom stereocenters. The average Bonchev–Trinajstić information content (AvgIpc) is 3.04. The Labute approximate surface area is 160 Å². The van der Waals surface area contributed by atoms with E-state index in [1.54, 1.807) is 19.1 Å². The van der Waals surface area contributed by atoms with Gasteiger partial charge in [-0.25, -0.2) is 8.42 Å². The normalized spacial score (nSPS) is 18.0. The van der Waals surface area contributed by atoms with E-state index < -0.39 is 22.0 Å². The number of rotatable bonds is 4. The summed E-state index contributed by atoms with van der Waals surface area (Å²) in [5.74, 6) is -0.519. The fourth-order valence-electron chi connectivity index (χ4n) is 2.68. The Bertz CT molecular complexity index is 931. The van der Waals surface area contributed by atoms with Crippen molar-refractivity contribution in [3.8, 4) is 0 Å². The highest BCUT2D eigenvalue weighted by atomic mass is 35.5. The quantitative estimate of drug-likeness (QED) is 0.787. The Hall–Kier alpha value is -1.75. The predicted molar refractivity (Wildman–Crippen MR) is 98.1 cm³/mol. The molecule has 0 aliphatic carbocycles. The maximum absolute atomic E-state index is 12.5. The molecule has 2 heterocycles. The van der Waals surface area contributed by atoms with E-state index >= 15 is 0 Å². The number of β-amino-alcohol motifs (C(OH)–C–C–N with tert-alkyl or cyclic N) is 1. The second-order valence-corrected chi connectivity index (χ2v) is 8.75. The van der Waals surface area contributed by atoms with Gasteiger partial charge >= 0.3 is 0 Å². The van der Waals surface area contributed by atoms with Crippen LogP contribution in [-0.4, -0.2) is 52.9 Å². The van der Waals surface area contributed by atoms with Crippen LogP contribution in [0.5, 0.6) is 0 Å². The first-order valence-electron chi connectivity index (χ1n) is 7.87. The maximum atomic E-state index is 12.5. The molecular formula is C15H17ClN4O4S2. The number of halogens is 1. The highest BCUT2D eigenvalue weighted by Crippen LogP contribution is 2.25. The van der Waals surface area contributed by atoms with E-state index in [1.165, 1.54) is 11.0 Å². The van der Waals surface area contributed by atoms with Crippen LogP contribution in [0.1, 0.15) is 29.0 Å². The second-order valence-electron chi connectivity index (χ2n) is 5.94. The average molecular weight is 417 g/mol. The molecule has 11 heteroatoms. The van der Waals surface area contributed by atoms with Crippen molar-refractivity contribution >= 4 is 44.2 Å². The third-order valence-electron chi connectivity index (χ3n) is 4.03. The summed E-state index contributed by atoms with van der Waals surface area (Å²) >= 11 is 6.76. The number of anilines is 1. The molecule has 2 N–H and O–H groups in total. The predicted octanol–water partition coefficient (Wildman–Crippen LogP) is 1.90. The summed E-state index contributed by atoms with van der Waals surface area (Å²) in [4.78, 5) is 17.9. The maximum Gasteiger partial charge on any atom is 0.292 e. The number of benzene rings is 1. The number of sulfonamides is 1. The lowest BCUT2D eigenvalue weighted by atomic mass is 10.1. The highest BCUT2D eigenvalue weighted by molar-refractivity contribution is 7.93. The van der Waals surface area contributed by atoms with E-state index in [-0.39, 0.29) is 22.4 Å². The van der Waals surface area contributed by atoms with Crippen LogP contribution in [0.3, 0.4) is 0 Å². The number of piperidine rings is 1. The molecule has 1 aliphatic heterocycles. The van der Waals surface area contributed by atoms with Crippen LogP contribution in [0.15, 0.2) is 23.1 Å². The van der Waals surface area contributed by atoms with Crippen molar-refractivity contribution in [2.45, 2.75) is 30.8 Å². The molecule has 1 saturated heterocycles. The standard InChI is InChI=1S/C15H17ClN4O4S2/c1-9-11(16)5-2-6-12(9)26(23,24)19-15-17-13(18-25-15)14(22)20-7-3-4-10(21)8-20/h2,5-6,10,21H,3-4,7-8H2,1H3,(H,17,18,19). The number of aromatic nitrogens is 2. The zero-order valence-corrected chi connectivity index (χ0v) is 16.2. The largest absolute Gasteiger partial charge is 0.391 e. The molecule has 1 aliphatic rings. The monoisotopic (exact) mass is 416 g/mol. The van der Waals surface area contributed by atoms with Crippen LogP contribution in [0, 0.1) is 6.92 Å². The van der Waals surface area contributed by atoms with Crippen molar-refractivity contribution in [2.75, 3.05) is 17.8 Å². The minimum absolute atomic E-state index is 0.00900. The summed E-state index contributed by atoms with van der Waals surface area (Å²) in [6.07, 6.45) is 0.790. The number of nitrogens with one attached hydrogen (secondary N) is 1. The van der Waals surface area contributed by atoms with Gasteiger partial charge in [0.25, 0.3) is 15.9 Å². The Morgan fingerprint density at radius 3 is 2.96 bits per heavy atom. The van der Waals surface area contributed by atoms with Gasteiger partial charge in [-0.05, 0) is 37.5 Å². The minimum atomic E-state index is -3.90. The Kier molecular flexibility index (Phi) is 5.47. The van der Waals surface area contributed by atoms with E-state index in [0.717, 1.165) is 11.5 Å². The van der Waals surface area contributed by atoms with Gasteiger partial charge in [-0.2, -0.15) is 9.36 Å². The molecule has 1 amide bonds. The number of hydrogen-bond donors (Lipinski definition) is 2. The number of likely N-dealkylation sites (tertiary alicyclic amines) is 1. The van der Waals surface area contributed by atoms with Crippen molar-refractivity contribution in [1.29, 1.82) is 0 Å². The molecule has 1 aromatic heterocycles. The third-order valence-corrected chi connectivity index (χ3v) is 6.68. The molecule has 0 spiro atoms. The molecule has 8 nitrogen and oxygen atoms in total. The fourth-order valence-corrected chi connectivity index (χ4v) is 4.97. The van der Waals surface area contributed by atoms with Gasteiger partial charge in [0.1, 0.15) is 0 Å². The molecule has 1 atom stereocenters. The van der Waals surface area contributed by atoms with Crippen molar-refractivity contribution in [3.63, 3.8) is 0 Å². The minimum Gasteiger partial charge on any atom is -0.391 e. The number of nitrogens with zero attached hydrogens (tertiary/aromatic N) is 3. The lowest BCUT2D eigenvalue weighted by molar-refractivity contribution is 0.0465. The summed E-state index contributed by atoms with van der Waals surface area (Å²) in [7, 11) is -3.90. The van der Waals surface area contributed by atoms with Crippen LogP contribution in [0.25, 0.3) is 0 Å². The Balaban J connectivity index is 1.77. The van der Waals surface area contributed by atoms with Crippen LogP contribution < -0.4 is 4.72 Å². The van der Waals surface area contributed by atoms with Crippen LogP contribution in [-0.2, 0) is 10.0 Å². The van der Waals surface area contributed by atoms with E-state index in [2.05, 4.69) is 14.1 Å². The van der Waals surface area contributed by atoms with Gasteiger partial charge in [-0.3, -0.25) is 9.52 Å². The fraction of sp³-hybridized carbons (Fsp3) is 0.400. The van der Waals surface area contributed by atoms with E-state index in [4.69, 9.17) is 11.6 Å². The van der Waals surface area contributed by atoms with Gasteiger partial charge in [0.05, 0.1) is 11.0 Å². The van der Waals surface area contributed by atoms with Gasteiger partial charge < -0.3 is 10.0 Å². The number of amides is 1. The summed E-state index contributed by atoms with van der Waals surface area (Å²) in [5, 5.41) is 10.0. The topological polar surface area (TPSA) is 112 Å². The molecule has 1 aromatic carbocycles. The van der Waals surface area contributed by atoms with Crippen LogP contribution in [0.4, 0.5) is 5.13 Å². The summed E-state index contributed by atoms with van der Waals surface area (Å²) in [6.45, 7) is 2.34. The van der Waals surface area contributed by atoms with E-state index in [0.29, 0.717) is 30.0 Å². The van der Waals surface area contributed by atoms with Gasteiger partial charge in [-0.1, -0.05) is 17.7 Å². The molecule has 3 rings (SSSR count). The third kappa shape index (κ3) is 3.98. The van der Waals surface area contributed by atoms with Crippen molar-refractivity contribution in [2.24, 2.45) is 0 Å². The SMILES string of the molecule is Cc1c(Cl)cccc1S(=O)(=O)Nc1nc(C(=O)N2CCCC(O)C2)ns1. The van der Waals surface area contributed by atoms with Crippen molar-refractivity contribution in [1.82, 2.24) is 14.3 Å². The number of carbonyl (C=O) groups excluding carboxylic acids is 1. The molecular weight excluding hydrogens is 400 g/mol. The summed E-state index contributed by atoms with van der Waals surface area (Å²) in [6, 6.07) is 4.58. The summed E-state index contributed by atoms with van der Waals surface area (Å²) < 4.78 is 31.3. The lowest BCUT2D eigenvalue weighted by Gasteiger charge is -2.29. The summed E-state index contributed by atoms with van der Waals surface area (Å²) in [5.41, 5.74) is 0.421. The Morgan fingerprint density at radius 2 is 2.23 bits per heavy atom. The first-order chi connectivity index (χ1) is 12.3. The molecule has 1 fully saturated rings. The van der Waals surface area contributed by atoms with E-state index in [1.807, 2.05) is 0 Å². The molecule has 26 heavy (non-hydrogen) atoms. The van der Waals surface area contributed by atoms with Gasteiger partial charge in [0, 0.05) is 29.6 Å². The smallest absolute Gasteiger partial charge is 0.292 e. The molecule has 2 aromatic rings. The lowest BCUT2D eigenvalue weighted by Crippen LogP contribution is -2.42. The van der Waals surface area contributed by atoms with Crippen LogP contribution in [0.2, 0.25) is 5.02 Å². The van der Waals surface area contributed by atoms with E-state index in [9.17, 15) is 18.3 Å². The number of aliphatic hydroxyl groups excluding tert-OH is 1. The number of carbonyl (C=O) groups is 1. The second kappa shape index (κ2) is 7.47. The van der Waals surface area contributed by atoms with Crippen LogP contribution >= 0.6 is 23.1 Å². The number of hydrogen-bond acceptors (Lipinski definition) is 7. The highest BCUT2D eigenvalue weighted by Gasteiger charge is 2.27. The molecule has 0 bridgehead atoms. The number of aliphatic hydroxyl groups is 1. The van der Waals surface area contributed by atoms with Crippen molar-refractivity contribution < 1.29 is 18.3 Å². The zero-order valence-electron chi connectivity index (χ0n) is 13.8. The van der Waals surface area contributed by atoms with Crippen molar-refractivity contribution in [3.05, 3.63) is 34.6 Å². The molecule has 0 saturated carbocycles. The zero-order chi connectivity index (χ0) is 18.9.